The van der Waals surface area contributed by atoms with Gasteiger partial charge in [-0.15, -0.1) is 0 Å². The summed E-state index contributed by atoms with van der Waals surface area (Å²) in [6.45, 7) is 7.23. The van der Waals surface area contributed by atoms with E-state index in [9.17, 15) is 9.59 Å². The lowest BCUT2D eigenvalue weighted by Gasteiger charge is -2.10. The number of rotatable bonds is 6. The topological polar surface area (TPSA) is 64.6 Å². The smallest absolute Gasteiger partial charge is 0.344 e. The number of esters is 1. The van der Waals surface area contributed by atoms with Crippen LogP contribution in [0.1, 0.15) is 22.3 Å². The zero-order valence-corrected chi connectivity index (χ0v) is 15.0. The van der Waals surface area contributed by atoms with E-state index in [4.69, 9.17) is 9.47 Å². The van der Waals surface area contributed by atoms with Crippen molar-refractivity contribution >= 4 is 17.6 Å². The first-order valence-corrected chi connectivity index (χ1v) is 8.07. The van der Waals surface area contributed by atoms with Crippen LogP contribution < -0.4 is 10.1 Å². The molecule has 0 aliphatic carbocycles. The number of ether oxygens (including phenoxy) is 2. The number of nitrogens with one attached hydrogen (secondary N) is 1. The van der Waals surface area contributed by atoms with Crippen molar-refractivity contribution in [2.75, 3.05) is 18.5 Å². The molecule has 0 radical (unpaired) electrons. The molecule has 0 spiro atoms. The van der Waals surface area contributed by atoms with Crippen LogP contribution in [0.3, 0.4) is 0 Å². The second-order valence-electron chi connectivity index (χ2n) is 6.20. The number of carbonyl (C=O) groups is 2. The first-order chi connectivity index (χ1) is 11.8. The molecule has 0 aliphatic rings. The van der Waals surface area contributed by atoms with Gasteiger partial charge in [0.1, 0.15) is 5.75 Å². The SMILES string of the molecule is Cc1cc(C)cc(NC(=O)COC(=O)COc2cc(C)cc(C)c2)c1. The number of hydrogen-bond acceptors (Lipinski definition) is 4. The molecule has 0 atom stereocenters. The lowest BCUT2D eigenvalue weighted by atomic mass is 10.1. The number of aryl methyl sites for hydroxylation is 4. The molecule has 132 valence electrons. The Balaban J connectivity index is 1.78. The van der Waals surface area contributed by atoms with Gasteiger partial charge in [-0.2, -0.15) is 0 Å². The summed E-state index contributed by atoms with van der Waals surface area (Å²) in [6.07, 6.45) is 0. The van der Waals surface area contributed by atoms with E-state index in [2.05, 4.69) is 5.32 Å². The summed E-state index contributed by atoms with van der Waals surface area (Å²) >= 11 is 0. The van der Waals surface area contributed by atoms with Crippen molar-refractivity contribution in [3.63, 3.8) is 0 Å². The highest BCUT2D eigenvalue weighted by atomic mass is 16.6. The Morgan fingerprint density at radius 2 is 1.32 bits per heavy atom. The molecule has 0 bridgehead atoms. The summed E-state index contributed by atoms with van der Waals surface area (Å²) in [5.74, 6) is -0.367. The Labute approximate surface area is 148 Å². The molecule has 25 heavy (non-hydrogen) atoms. The predicted octanol–water partition coefficient (Wildman–Crippen LogP) is 3.48. The molecule has 2 rings (SSSR count). The number of anilines is 1. The lowest BCUT2D eigenvalue weighted by molar-refractivity contribution is -0.149. The molecule has 0 aliphatic heterocycles. The van der Waals surface area contributed by atoms with Crippen LogP contribution in [0, 0.1) is 27.7 Å². The third-order valence-corrected chi connectivity index (χ3v) is 3.42. The van der Waals surface area contributed by atoms with E-state index in [1.54, 1.807) is 0 Å². The summed E-state index contributed by atoms with van der Waals surface area (Å²) in [5.41, 5.74) is 4.89. The van der Waals surface area contributed by atoms with E-state index in [1.165, 1.54) is 0 Å². The maximum Gasteiger partial charge on any atom is 0.344 e. The first kappa shape index (κ1) is 18.5. The van der Waals surface area contributed by atoms with Crippen molar-refractivity contribution in [3.8, 4) is 5.75 Å². The minimum absolute atomic E-state index is 0.236. The van der Waals surface area contributed by atoms with Crippen LogP contribution >= 0.6 is 0 Å². The van der Waals surface area contributed by atoms with Crippen molar-refractivity contribution in [2.24, 2.45) is 0 Å². The fourth-order valence-corrected chi connectivity index (χ4v) is 2.59. The third kappa shape index (κ3) is 6.30. The standard InChI is InChI=1S/C20H23NO4/c1-13-5-14(2)8-17(7-13)21-19(22)11-25-20(23)12-24-18-9-15(3)6-16(4)10-18/h5-10H,11-12H2,1-4H3,(H,21,22). The largest absolute Gasteiger partial charge is 0.482 e. The number of benzene rings is 2. The highest BCUT2D eigenvalue weighted by molar-refractivity contribution is 5.93. The second-order valence-corrected chi connectivity index (χ2v) is 6.20. The Hall–Kier alpha value is -2.82. The number of amides is 1. The monoisotopic (exact) mass is 341 g/mol. The summed E-state index contributed by atoms with van der Waals surface area (Å²) in [7, 11) is 0. The molecule has 5 nitrogen and oxygen atoms in total. The van der Waals surface area contributed by atoms with Crippen LogP contribution in [-0.2, 0) is 14.3 Å². The molecule has 0 fully saturated rings. The summed E-state index contributed by atoms with van der Waals surface area (Å²) < 4.78 is 10.3. The van der Waals surface area contributed by atoms with E-state index < -0.39 is 5.97 Å². The van der Waals surface area contributed by atoms with E-state index in [-0.39, 0.29) is 19.1 Å². The van der Waals surface area contributed by atoms with Gasteiger partial charge in [-0.1, -0.05) is 12.1 Å². The molecule has 2 aromatic rings. The van der Waals surface area contributed by atoms with E-state index in [0.717, 1.165) is 22.3 Å². The van der Waals surface area contributed by atoms with Gasteiger partial charge < -0.3 is 14.8 Å². The van der Waals surface area contributed by atoms with Gasteiger partial charge >= 0.3 is 5.97 Å². The molecule has 0 unspecified atom stereocenters. The molecular formula is C20H23NO4. The normalized spacial score (nSPS) is 10.2. The van der Waals surface area contributed by atoms with Gasteiger partial charge in [0, 0.05) is 5.69 Å². The van der Waals surface area contributed by atoms with Crippen molar-refractivity contribution in [3.05, 3.63) is 58.7 Å². The summed E-state index contributed by atoms with van der Waals surface area (Å²) in [6, 6.07) is 11.4. The Bertz CT molecular complexity index is 743. The van der Waals surface area contributed by atoms with Crippen LogP contribution in [0.15, 0.2) is 36.4 Å². The van der Waals surface area contributed by atoms with Gasteiger partial charge in [0.25, 0.3) is 5.91 Å². The maximum atomic E-state index is 11.9. The Kier molecular flexibility index (Phi) is 6.17. The van der Waals surface area contributed by atoms with Crippen molar-refractivity contribution in [1.82, 2.24) is 0 Å². The van der Waals surface area contributed by atoms with Crippen molar-refractivity contribution in [2.45, 2.75) is 27.7 Å². The zero-order valence-electron chi connectivity index (χ0n) is 15.0. The van der Waals surface area contributed by atoms with Crippen molar-refractivity contribution in [1.29, 1.82) is 0 Å². The number of hydrogen-bond donors (Lipinski definition) is 1. The van der Waals surface area contributed by atoms with Gasteiger partial charge in [-0.05, 0) is 74.2 Å². The first-order valence-electron chi connectivity index (χ1n) is 8.07. The lowest BCUT2D eigenvalue weighted by Crippen LogP contribution is -2.23. The van der Waals surface area contributed by atoms with E-state index in [0.29, 0.717) is 11.4 Å². The third-order valence-electron chi connectivity index (χ3n) is 3.42. The molecule has 0 saturated carbocycles. The highest BCUT2D eigenvalue weighted by Gasteiger charge is 2.09. The van der Waals surface area contributed by atoms with Crippen LogP contribution in [-0.4, -0.2) is 25.1 Å². The zero-order chi connectivity index (χ0) is 18.4. The summed E-state index contributed by atoms with van der Waals surface area (Å²) in [4.78, 5) is 23.6. The molecule has 0 aromatic heterocycles. The maximum absolute atomic E-state index is 11.9. The van der Waals surface area contributed by atoms with Crippen LogP contribution in [0.5, 0.6) is 5.75 Å². The summed E-state index contributed by atoms with van der Waals surface area (Å²) in [5, 5.41) is 2.71. The fraction of sp³-hybridized carbons (Fsp3) is 0.300. The van der Waals surface area contributed by atoms with E-state index >= 15 is 0 Å². The van der Waals surface area contributed by atoms with Crippen LogP contribution in [0.4, 0.5) is 5.69 Å². The quantitative estimate of drug-likeness (QED) is 0.817. The average molecular weight is 341 g/mol. The second kappa shape index (κ2) is 8.33. The fourth-order valence-electron chi connectivity index (χ4n) is 2.59. The van der Waals surface area contributed by atoms with Gasteiger partial charge in [0.2, 0.25) is 0 Å². The minimum Gasteiger partial charge on any atom is -0.482 e. The highest BCUT2D eigenvalue weighted by Crippen LogP contribution is 2.16. The number of carbonyl (C=O) groups excluding carboxylic acids is 2. The average Bonchev–Trinajstić information content (AvgIpc) is 2.49. The minimum atomic E-state index is -0.588. The van der Waals surface area contributed by atoms with Gasteiger partial charge in [0.15, 0.2) is 13.2 Å². The van der Waals surface area contributed by atoms with E-state index in [1.807, 2.05) is 64.1 Å². The van der Waals surface area contributed by atoms with Gasteiger partial charge in [0.05, 0.1) is 0 Å². The molecular weight excluding hydrogens is 318 g/mol. The van der Waals surface area contributed by atoms with Gasteiger partial charge in [-0.3, -0.25) is 4.79 Å². The molecule has 1 amide bonds. The molecule has 5 heteroatoms. The predicted molar refractivity (Wildman–Crippen MR) is 96.9 cm³/mol. The van der Waals surface area contributed by atoms with Crippen LogP contribution in [0.2, 0.25) is 0 Å². The Morgan fingerprint density at radius 1 is 0.800 bits per heavy atom. The van der Waals surface area contributed by atoms with Crippen molar-refractivity contribution < 1.29 is 19.1 Å². The Morgan fingerprint density at radius 3 is 1.88 bits per heavy atom. The van der Waals surface area contributed by atoms with Gasteiger partial charge in [-0.25, -0.2) is 4.79 Å². The molecule has 0 heterocycles. The molecule has 0 saturated heterocycles. The molecule has 2 aromatic carbocycles. The molecule has 1 N–H and O–H groups in total. The van der Waals surface area contributed by atoms with Crippen LogP contribution in [0.25, 0.3) is 0 Å².